The number of nitro benzene ring substituents is 1. The van der Waals surface area contributed by atoms with E-state index < -0.39 is 36.1 Å². The summed E-state index contributed by atoms with van der Waals surface area (Å²) in [6, 6.07) is 2.64. The van der Waals surface area contributed by atoms with E-state index in [1.54, 1.807) is 20.8 Å². The highest BCUT2D eigenvalue weighted by Gasteiger charge is 2.23. The van der Waals surface area contributed by atoms with E-state index in [9.17, 15) is 23.3 Å². The summed E-state index contributed by atoms with van der Waals surface area (Å²) in [4.78, 5) is 21.2. The van der Waals surface area contributed by atoms with Crippen molar-refractivity contribution in [3.05, 3.63) is 33.9 Å². The van der Waals surface area contributed by atoms with E-state index in [1.165, 1.54) is 0 Å². The van der Waals surface area contributed by atoms with Crippen LogP contribution in [0.2, 0.25) is 0 Å². The van der Waals surface area contributed by atoms with Gasteiger partial charge in [-0.15, -0.1) is 0 Å². The number of halogens is 1. The van der Waals surface area contributed by atoms with Gasteiger partial charge in [0, 0.05) is 22.8 Å². The quantitative estimate of drug-likeness (QED) is 0.366. The van der Waals surface area contributed by atoms with Gasteiger partial charge >= 0.3 is 5.97 Å². The molecule has 0 radical (unpaired) electrons. The number of esters is 1. The Labute approximate surface area is 120 Å². The lowest BCUT2D eigenvalue weighted by Gasteiger charge is -2.19. The number of ether oxygens (including phenoxy) is 1. The molecule has 110 valence electrons. The summed E-state index contributed by atoms with van der Waals surface area (Å²) < 4.78 is 27.5. The predicted octanol–water partition coefficient (Wildman–Crippen LogP) is 2.48. The molecule has 0 aliphatic heterocycles. The molecule has 0 bridgehead atoms. The van der Waals surface area contributed by atoms with Crippen LogP contribution in [0.4, 0.5) is 5.69 Å². The van der Waals surface area contributed by atoms with Gasteiger partial charge in [-0.05, 0) is 26.8 Å². The Bertz CT molecular complexity index is 662. The lowest BCUT2D eigenvalue weighted by Crippen LogP contribution is -2.24. The van der Waals surface area contributed by atoms with Crippen molar-refractivity contribution in [2.45, 2.75) is 31.3 Å². The highest BCUT2D eigenvalue weighted by molar-refractivity contribution is 8.13. The molecule has 7 nitrogen and oxygen atoms in total. The molecule has 1 aromatic rings. The third-order valence-electron chi connectivity index (χ3n) is 2.02. The Balaban J connectivity index is 3.37. The largest absolute Gasteiger partial charge is 0.456 e. The first kappa shape index (κ1) is 16.4. The Morgan fingerprint density at radius 3 is 2.25 bits per heavy atom. The Kier molecular flexibility index (Phi) is 4.40. The topological polar surface area (TPSA) is 104 Å². The van der Waals surface area contributed by atoms with Crippen molar-refractivity contribution in [1.29, 1.82) is 0 Å². The van der Waals surface area contributed by atoms with Crippen LogP contribution in [0.25, 0.3) is 0 Å². The maximum atomic E-state index is 11.8. The first-order valence-electron chi connectivity index (χ1n) is 5.37. The van der Waals surface area contributed by atoms with E-state index in [4.69, 9.17) is 15.4 Å². The van der Waals surface area contributed by atoms with Crippen LogP contribution in [0.3, 0.4) is 0 Å². The summed E-state index contributed by atoms with van der Waals surface area (Å²) in [5, 5.41) is 10.8. The van der Waals surface area contributed by atoms with Crippen LogP contribution < -0.4 is 0 Å². The van der Waals surface area contributed by atoms with Crippen molar-refractivity contribution in [2.24, 2.45) is 0 Å². The number of hydrogen-bond donors (Lipinski definition) is 0. The molecule has 0 saturated heterocycles. The average Bonchev–Trinajstić information content (AvgIpc) is 2.24. The number of nitro groups is 1. The third-order valence-corrected chi connectivity index (χ3v) is 3.35. The predicted molar refractivity (Wildman–Crippen MR) is 71.3 cm³/mol. The minimum Gasteiger partial charge on any atom is -0.456 e. The van der Waals surface area contributed by atoms with Crippen LogP contribution in [0.1, 0.15) is 31.1 Å². The van der Waals surface area contributed by atoms with Gasteiger partial charge in [-0.1, -0.05) is 0 Å². The second-order valence-electron chi connectivity index (χ2n) is 4.91. The molecule has 0 amide bonds. The lowest BCUT2D eigenvalue weighted by molar-refractivity contribution is -0.385. The maximum Gasteiger partial charge on any atom is 0.338 e. The van der Waals surface area contributed by atoms with Gasteiger partial charge in [0.05, 0.1) is 15.4 Å². The molecule has 0 spiro atoms. The monoisotopic (exact) mass is 321 g/mol. The summed E-state index contributed by atoms with van der Waals surface area (Å²) in [6.07, 6.45) is 0. The molecule has 0 fully saturated rings. The molecule has 0 saturated carbocycles. The normalized spacial score (nSPS) is 12.0. The molecule has 0 aliphatic carbocycles. The first-order valence-corrected chi connectivity index (χ1v) is 7.68. The SMILES string of the molecule is CC(C)(C)OC(=O)c1cc([N+](=O)[O-])cc(S(=O)(=O)Cl)c1. The van der Waals surface area contributed by atoms with E-state index in [1.807, 2.05) is 0 Å². The molecule has 9 heteroatoms. The van der Waals surface area contributed by atoms with Gasteiger partial charge < -0.3 is 4.74 Å². The molecular formula is C11H12ClNO6S. The number of hydrogen-bond acceptors (Lipinski definition) is 6. The van der Waals surface area contributed by atoms with Crippen molar-refractivity contribution >= 4 is 31.4 Å². The zero-order valence-electron chi connectivity index (χ0n) is 10.9. The fourth-order valence-corrected chi connectivity index (χ4v) is 2.08. The molecule has 0 heterocycles. The third kappa shape index (κ3) is 4.46. The van der Waals surface area contributed by atoms with Crippen LogP contribution >= 0.6 is 10.7 Å². The lowest BCUT2D eigenvalue weighted by atomic mass is 10.1. The summed E-state index contributed by atoms with van der Waals surface area (Å²) in [7, 11) is 0.944. The number of nitrogens with zero attached hydrogens (tertiary/aromatic N) is 1. The molecule has 0 atom stereocenters. The fourth-order valence-electron chi connectivity index (χ4n) is 1.28. The van der Waals surface area contributed by atoms with Crippen LogP contribution in [0.15, 0.2) is 23.1 Å². The Morgan fingerprint density at radius 1 is 1.30 bits per heavy atom. The van der Waals surface area contributed by atoms with Crippen molar-refractivity contribution < 1.29 is 22.9 Å². The number of non-ortho nitro benzene ring substituents is 1. The standard InChI is InChI=1S/C11H12ClNO6S/c1-11(2,3)19-10(14)7-4-8(13(15)16)6-9(5-7)20(12,17)18/h4-6H,1-3H3. The van der Waals surface area contributed by atoms with Crippen molar-refractivity contribution in [1.82, 2.24) is 0 Å². The maximum absolute atomic E-state index is 11.8. The molecule has 0 N–H and O–H groups in total. The molecule has 0 unspecified atom stereocenters. The highest BCUT2D eigenvalue weighted by atomic mass is 35.7. The fraction of sp³-hybridized carbons (Fsp3) is 0.364. The smallest absolute Gasteiger partial charge is 0.338 e. The summed E-state index contributed by atoms with van der Waals surface area (Å²) in [5.41, 5.74) is -1.64. The first-order chi connectivity index (χ1) is 8.90. The summed E-state index contributed by atoms with van der Waals surface area (Å²) in [6.45, 7) is 4.84. The van der Waals surface area contributed by atoms with Gasteiger partial charge in [-0.3, -0.25) is 10.1 Å². The second kappa shape index (κ2) is 5.37. The van der Waals surface area contributed by atoms with Gasteiger partial charge in [0.2, 0.25) is 0 Å². The molecular weight excluding hydrogens is 310 g/mol. The van der Waals surface area contributed by atoms with Gasteiger partial charge in [-0.25, -0.2) is 13.2 Å². The molecule has 1 aromatic carbocycles. The van der Waals surface area contributed by atoms with Gasteiger partial charge in [0.15, 0.2) is 0 Å². The van der Waals surface area contributed by atoms with E-state index in [2.05, 4.69) is 0 Å². The minimum atomic E-state index is -4.20. The molecule has 0 aromatic heterocycles. The minimum absolute atomic E-state index is 0.256. The van der Waals surface area contributed by atoms with E-state index in [-0.39, 0.29) is 5.56 Å². The second-order valence-corrected chi connectivity index (χ2v) is 7.48. The number of benzene rings is 1. The average molecular weight is 322 g/mol. The van der Waals surface area contributed by atoms with E-state index in [0.717, 1.165) is 18.2 Å². The highest BCUT2D eigenvalue weighted by Crippen LogP contribution is 2.24. The molecule has 1 rings (SSSR count). The summed E-state index contributed by atoms with van der Waals surface area (Å²) >= 11 is 0. The van der Waals surface area contributed by atoms with Gasteiger partial charge in [0.25, 0.3) is 14.7 Å². The van der Waals surface area contributed by atoms with Crippen LogP contribution in [0.5, 0.6) is 0 Å². The number of carbonyl (C=O) groups is 1. The Morgan fingerprint density at radius 2 is 1.85 bits per heavy atom. The summed E-state index contributed by atoms with van der Waals surface area (Å²) in [5.74, 6) is -0.872. The van der Waals surface area contributed by atoms with Crippen LogP contribution in [-0.4, -0.2) is 24.9 Å². The van der Waals surface area contributed by atoms with Crippen LogP contribution in [0, 0.1) is 10.1 Å². The van der Waals surface area contributed by atoms with Crippen molar-refractivity contribution in [2.75, 3.05) is 0 Å². The van der Waals surface area contributed by atoms with Crippen molar-refractivity contribution in [3.8, 4) is 0 Å². The van der Waals surface area contributed by atoms with E-state index in [0.29, 0.717) is 0 Å². The number of rotatable bonds is 3. The van der Waals surface area contributed by atoms with Crippen molar-refractivity contribution in [3.63, 3.8) is 0 Å². The Hall–Kier alpha value is -1.67. The van der Waals surface area contributed by atoms with Crippen LogP contribution in [-0.2, 0) is 13.8 Å². The molecule has 20 heavy (non-hydrogen) atoms. The zero-order valence-corrected chi connectivity index (χ0v) is 12.5. The zero-order chi connectivity index (χ0) is 15.7. The molecule has 0 aliphatic rings. The van der Waals surface area contributed by atoms with Gasteiger partial charge in [0.1, 0.15) is 5.60 Å². The van der Waals surface area contributed by atoms with E-state index >= 15 is 0 Å². The van der Waals surface area contributed by atoms with Gasteiger partial charge in [-0.2, -0.15) is 0 Å². The number of carbonyl (C=O) groups excluding carboxylic acids is 1.